The Morgan fingerprint density at radius 1 is 0.487 bits per heavy atom. The molecule has 0 aromatic heterocycles. The summed E-state index contributed by atoms with van der Waals surface area (Å²) in [5.41, 5.74) is 0.906. The molecule has 0 spiro atoms. The van der Waals surface area contributed by atoms with Crippen molar-refractivity contribution in [1.29, 1.82) is 0 Å². The average molecular weight is 552 g/mol. The third-order valence-corrected chi connectivity index (χ3v) is 6.34. The minimum absolute atomic E-state index is 0.230. The van der Waals surface area contributed by atoms with E-state index in [1.165, 1.54) is 49.8 Å². The molecule has 0 N–H and O–H groups in total. The Balaban J connectivity index is 1.23. The summed E-state index contributed by atoms with van der Waals surface area (Å²) in [6, 6.07) is 6.85. The van der Waals surface area contributed by atoms with E-state index >= 15 is 0 Å². The van der Waals surface area contributed by atoms with Crippen molar-refractivity contribution in [3.63, 3.8) is 0 Å². The summed E-state index contributed by atoms with van der Waals surface area (Å²) in [5.74, 6) is -0.531. The molecule has 0 saturated carbocycles. The van der Waals surface area contributed by atoms with E-state index in [4.69, 9.17) is 28.4 Å². The minimum Gasteiger partial charge on any atom is -0.379 e. The molecule has 2 amide bonds. The molecule has 0 radical (unpaired) electrons. The van der Waals surface area contributed by atoms with Gasteiger partial charge in [-0.3, -0.25) is 14.5 Å². The lowest BCUT2D eigenvalue weighted by Gasteiger charge is -2.13. The van der Waals surface area contributed by atoms with E-state index in [0.29, 0.717) is 77.2 Å². The molecule has 0 atom stereocenters. The van der Waals surface area contributed by atoms with Crippen molar-refractivity contribution in [3.05, 3.63) is 35.4 Å². The van der Waals surface area contributed by atoms with Crippen LogP contribution in [0.3, 0.4) is 0 Å². The molecule has 222 valence electrons. The van der Waals surface area contributed by atoms with E-state index in [9.17, 15) is 9.59 Å². The van der Waals surface area contributed by atoms with Crippen LogP contribution in [0.5, 0.6) is 0 Å². The highest BCUT2D eigenvalue weighted by molar-refractivity contribution is 6.21. The summed E-state index contributed by atoms with van der Waals surface area (Å²) in [6.07, 6.45) is 10.5. The van der Waals surface area contributed by atoms with Gasteiger partial charge >= 0.3 is 0 Å². The Hall–Kier alpha value is -1.88. The van der Waals surface area contributed by atoms with Crippen LogP contribution in [0.25, 0.3) is 0 Å². The molecule has 0 bridgehead atoms. The van der Waals surface area contributed by atoms with Gasteiger partial charge in [0.15, 0.2) is 0 Å². The number of carbonyl (C=O) groups is 2. The van der Waals surface area contributed by atoms with Gasteiger partial charge in [-0.1, -0.05) is 64.0 Å². The molecule has 0 aliphatic carbocycles. The van der Waals surface area contributed by atoms with Gasteiger partial charge in [-0.15, -0.1) is 0 Å². The zero-order valence-corrected chi connectivity index (χ0v) is 23.9. The van der Waals surface area contributed by atoms with E-state index in [-0.39, 0.29) is 25.0 Å². The number of amides is 2. The lowest BCUT2D eigenvalue weighted by atomic mass is 10.1. The van der Waals surface area contributed by atoms with Crippen LogP contribution in [0.2, 0.25) is 0 Å². The highest BCUT2D eigenvalue weighted by Crippen LogP contribution is 2.21. The standard InChI is InChI=1S/C30H49NO8/c1-2-3-4-5-6-7-8-11-15-34-17-19-36-21-23-38-25-26-39-24-22-37-20-18-35-16-14-31-29(32)27-12-9-10-13-28(27)30(31)33/h9-10,12-13H,2-8,11,14-26H2,1H3. The minimum atomic E-state index is -0.265. The van der Waals surface area contributed by atoms with Gasteiger partial charge in [0.25, 0.3) is 11.8 Å². The first-order chi connectivity index (χ1) is 19.3. The summed E-state index contributed by atoms with van der Waals surface area (Å²) in [7, 11) is 0. The second kappa shape index (κ2) is 22.9. The molecule has 2 rings (SSSR count). The average Bonchev–Trinajstić information content (AvgIpc) is 3.19. The molecule has 9 nitrogen and oxygen atoms in total. The largest absolute Gasteiger partial charge is 0.379 e. The number of carbonyl (C=O) groups excluding carboxylic acids is 2. The van der Waals surface area contributed by atoms with Gasteiger partial charge < -0.3 is 28.4 Å². The number of imide groups is 1. The first-order valence-electron chi connectivity index (χ1n) is 14.7. The maximum absolute atomic E-state index is 12.3. The first-order valence-corrected chi connectivity index (χ1v) is 14.7. The molecule has 0 fully saturated rings. The summed E-state index contributed by atoms with van der Waals surface area (Å²) < 4.78 is 33.0. The lowest BCUT2D eigenvalue weighted by molar-refractivity contribution is -0.0173. The third kappa shape index (κ3) is 14.9. The fourth-order valence-corrected chi connectivity index (χ4v) is 4.14. The Bertz CT molecular complexity index is 740. The number of fused-ring (bicyclic) bond motifs is 1. The van der Waals surface area contributed by atoms with Crippen LogP contribution in [-0.4, -0.2) is 103 Å². The Morgan fingerprint density at radius 2 is 0.846 bits per heavy atom. The van der Waals surface area contributed by atoms with Crippen molar-refractivity contribution in [2.45, 2.75) is 58.3 Å². The van der Waals surface area contributed by atoms with Crippen molar-refractivity contribution in [3.8, 4) is 0 Å². The van der Waals surface area contributed by atoms with Crippen LogP contribution in [0, 0.1) is 0 Å². The fraction of sp³-hybridized carbons (Fsp3) is 0.733. The maximum Gasteiger partial charge on any atom is 0.261 e. The fourth-order valence-electron chi connectivity index (χ4n) is 4.14. The number of nitrogens with zero attached hydrogens (tertiary/aromatic N) is 1. The second-order valence-electron chi connectivity index (χ2n) is 9.46. The molecular formula is C30H49NO8. The van der Waals surface area contributed by atoms with Gasteiger partial charge in [-0.05, 0) is 18.6 Å². The molecule has 1 aromatic carbocycles. The van der Waals surface area contributed by atoms with E-state index in [1.807, 2.05) is 0 Å². The summed E-state index contributed by atoms with van der Waals surface area (Å²) in [6.45, 7) is 8.66. The van der Waals surface area contributed by atoms with Gasteiger partial charge in [0.05, 0.1) is 90.3 Å². The number of hydrogen-bond donors (Lipinski definition) is 0. The van der Waals surface area contributed by atoms with Crippen LogP contribution in [-0.2, 0) is 28.4 Å². The SMILES string of the molecule is CCCCCCCCCCOCCOCCOCCOCCOCCOCCN1C(=O)c2ccccc2C1=O. The van der Waals surface area contributed by atoms with Crippen LogP contribution in [0.1, 0.15) is 79.0 Å². The number of ether oxygens (including phenoxy) is 6. The predicted molar refractivity (Wildman–Crippen MR) is 149 cm³/mol. The highest BCUT2D eigenvalue weighted by Gasteiger charge is 2.34. The monoisotopic (exact) mass is 551 g/mol. The Labute approximate surface area is 234 Å². The summed E-state index contributed by atoms with van der Waals surface area (Å²) in [5, 5.41) is 0. The molecule has 39 heavy (non-hydrogen) atoms. The number of rotatable bonds is 27. The van der Waals surface area contributed by atoms with Gasteiger partial charge in [-0.25, -0.2) is 0 Å². The smallest absolute Gasteiger partial charge is 0.261 e. The van der Waals surface area contributed by atoms with Crippen molar-refractivity contribution < 1.29 is 38.0 Å². The van der Waals surface area contributed by atoms with E-state index in [0.717, 1.165) is 13.0 Å². The molecule has 1 aliphatic heterocycles. The van der Waals surface area contributed by atoms with Crippen molar-refractivity contribution in [2.75, 3.05) is 85.8 Å². The molecule has 1 aromatic rings. The van der Waals surface area contributed by atoms with E-state index in [1.54, 1.807) is 24.3 Å². The molecule has 9 heteroatoms. The molecule has 0 unspecified atom stereocenters. The van der Waals surface area contributed by atoms with Crippen LogP contribution < -0.4 is 0 Å². The van der Waals surface area contributed by atoms with Gasteiger partial charge in [-0.2, -0.15) is 0 Å². The van der Waals surface area contributed by atoms with Gasteiger partial charge in [0, 0.05) is 6.61 Å². The van der Waals surface area contributed by atoms with E-state index in [2.05, 4.69) is 6.92 Å². The van der Waals surface area contributed by atoms with Crippen LogP contribution >= 0.6 is 0 Å². The number of unbranched alkanes of at least 4 members (excludes halogenated alkanes) is 7. The van der Waals surface area contributed by atoms with Gasteiger partial charge in [0.1, 0.15) is 0 Å². The quantitative estimate of drug-likeness (QED) is 0.116. The third-order valence-electron chi connectivity index (χ3n) is 6.34. The van der Waals surface area contributed by atoms with Crippen LogP contribution in [0.15, 0.2) is 24.3 Å². The maximum atomic E-state index is 12.3. The number of hydrogen-bond acceptors (Lipinski definition) is 8. The molecular weight excluding hydrogens is 502 g/mol. The second-order valence-corrected chi connectivity index (χ2v) is 9.46. The number of benzene rings is 1. The van der Waals surface area contributed by atoms with Crippen molar-refractivity contribution in [1.82, 2.24) is 4.90 Å². The predicted octanol–water partition coefficient (Wildman–Crippen LogP) is 4.52. The lowest BCUT2D eigenvalue weighted by Crippen LogP contribution is -2.33. The first kappa shape index (κ1) is 33.3. The molecule has 1 heterocycles. The van der Waals surface area contributed by atoms with Crippen LogP contribution in [0.4, 0.5) is 0 Å². The molecule has 1 aliphatic rings. The molecule has 0 saturated heterocycles. The van der Waals surface area contributed by atoms with E-state index < -0.39 is 0 Å². The zero-order valence-electron chi connectivity index (χ0n) is 23.9. The highest BCUT2D eigenvalue weighted by atomic mass is 16.6. The van der Waals surface area contributed by atoms with Gasteiger partial charge in [0.2, 0.25) is 0 Å². The summed E-state index contributed by atoms with van der Waals surface area (Å²) >= 11 is 0. The summed E-state index contributed by atoms with van der Waals surface area (Å²) in [4.78, 5) is 25.8. The zero-order chi connectivity index (χ0) is 27.8. The van der Waals surface area contributed by atoms with Crippen molar-refractivity contribution >= 4 is 11.8 Å². The normalized spacial score (nSPS) is 13.0. The van der Waals surface area contributed by atoms with Crippen molar-refractivity contribution in [2.24, 2.45) is 0 Å². The Morgan fingerprint density at radius 3 is 1.28 bits per heavy atom. The Kier molecular flexibility index (Phi) is 19.6. The topological polar surface area (TPSA) is 92.8 Å².